The molecule has 0 aliphatic heterocycles. The number of ether oxygens (including phenoxy) is 1. The van der Waals surface area contributed by atoms with Crippen LogP contribution in [0.2, 0.25) is 0 Å². The Labute approximate surface area is 139 Å². The molecule has 0 saturated heterocycles. The third-order valence-electron chi connectivity index (χ3n) is 3.77. The first kappa shape index (κ1) is 17.5. The van der Waals surface area contributed by atoms with E-state index in [1.807, 2.05) is 32.0 Å². The normalized spacial score (nSPS) is 10.3. The van der Waals surface area contributed by atoms with Gasteiger partial charge in [0.1, 0.15) is 5.56 Å². The number of hydrogen-bond acceptors (Lipinski definition) is 4. The van der Waals surface area contributed by atoms with Crippen LogP contribution in [0.15, 0.2) is 29.1 Å². The first-order valence-corrected chi connectivity index (χ1v) is 7.60. The maximum atomic E-state index is 12.5. The van der Waals surface area contributed by atoms with E-state index in [9.17, 15) is 14.4 Å². The number of anilines is 1. The summed E-state index contributed by atoms with van der Waals surface area (Å²) < 4.78 is 4.71. The topological polar surface area (TPSA) is 88.3 Å². The monoisotopic (exact) mass is 328 g/mol. The van der Waals surface area contributed by atoms with Crippen LogP contribution in [0.3, 0.4) is 0 Å². The van der Waals surface area contributed by atoms with E-state index in [2.05, 4.69) is 10.3 Å². The van der Waals surface area contributed by atoms with E-state index in [-0.39, 0.29) is 11.1 Å². The Balaban J connectivity index is 2.44. The zero-order valence-electron chi connectivity index (χ0n) is 14.1. The van der Waals surface area contributed by atoms with Crippen molar-refractivity contribution in [2.75, 3.05) is 12.4 Å². The molecular weight excluding hydrogens is 308 g/mol. The Hall–Kier alpha value is -2.89. The second-order valence-electron chi connectivity index (χ2n) is 5.52. The molecule has 24 heavy (non-hydrogen) atoms. The van der Waals surface area contributed by atoms with Crippen LogP contribution in [0.5, 0.6) is 0 Å². The molecule has 0 aliphatic rings. The molecule has 0 bridgehead atoms. The SMILES string of the molecule is CCc1[nH]c(=O)c(C(=O)Nc2cc(C)ccc2C)cc1C(=O)OC. The van der Waals surface area contributed by atoms with Crippen molar-refractivity contribution in [3.8, 4) is 0 Å². The van der Waals surface area contributed by atoms with E-state index < -0.39 is 17.4 Å². The number of benzene rings is 1. The number of rotatable bonds is 4. The predicted octanol–water partition coefficient (Wildman–Crippen LogP) is 2.59. The Kier molecular flexibility index (Phi) is 5.18. The van der Waals surface area contributed by atoms with Gasteiger partial charge in [-0.05, 0) is 43.5 Å². The molecule has 1 aromatic heterocycles. The number of amides is 1. The quantitative estimate of drug-likeness (QED) is 0.844. The van der Waals surface area contributed by atoms with Crippen molar-refractivity contribution in [3.63, 3.8) is 0 Å². The van der Waals surface area contributed by atoms with Crippen LogP contribution in [-0.2, 0) is 11.2 Å². The molecule has 6 nitrogen and oxygen atoms in total. The van der Waals surface area contributed by atoms with Gasteiger partial charge in [-0.1, -0.05) is 19.1 Å². The summed E-state index contributed by atoms with van der Waals surface area (Å²) in [7, 11) is 1.25. The van der Waals surface area contributed by atoms with Crippen LogP contribution in [0.4, 0.5) is 5.69 Å². The molecular formula is C18H20N2O4. The minimum atomic E-state index is -0.594. The summed E-state index contributed by atoms with van der Waals surface area (Å²) in [6.45, 7) is 5.57. The second kappa shape index (κ2) is 7.12. The van der Waals surface area contributed by atoms with Crippen molar-refractivity contribution in [2.24, 2.45) is 0 Å². The van der Waals surface area contributed by atoms with Crippen LogP contribution in [0.25, 0.3) is 0 Å². The molecule has 0 aliphatic carbocycles. The summed E-state index contributed by atoms with van der Waals surface area (Å²) >= 11 is 0. The maximum Gasteiger partial charge on any atom is 0.339 e. The van der Waals surface area contributed by atoms with Gasteiger partial charge in [0, 0.05) is 11.4 Å². The van der Waals surface area contributed by atoms with E-state index in [0.717, 1.165) is 11.1 Å². The lowest BCUT2D eigenvalue weighted by atomic mass is 10.1. The van der Waals surface area contributed by atoms with Crippen LogP contribution in [0, 0.1) is 13.8 Å². The smallest absolute Gasteiger partial charge is 0.339 e. The number of aromatic amines is 1. The predicted molar refractivity (Wildman–Crippen MR) is 91.6 cm³/mol. The number of carbonyl (C=O) groups excluding carboxylic acids is 2. The van der Waals surface area contributed by atoms with Crippen LogP contribution in [0.1, 0.15) is 44.5 Å². The summed E-state index contributed by atoms with van der Waals surface area (Å²) in [5.74, 6) is -1.17. The fourth-order valence-electron chi connectivity index (χ4n) is 2.37. The van der Waals surface area contributed by atoms with E-state index in [0.29, 0.717) is 17.8 Å². The molecule has 1 aromatic carbocycles. The Morgan fingerprint density at radius 2 is 1.88 bits per heavy atom. The second-order valence-corrected chi connectivity index (χ2v) is 5.52. The molecule has 2 rings (SSSR count). The standard InChI is InChI=1S/C18H20N2O4/c1-5-14-12(18(23)24-4)9-13(16(21)19-14)17(22)20-15-8-10(2)6-7-11(15)3/h6-9H,5H2,1-4H3,(H,19,21)(H,20,22). The van der Waals surface area contributed by atoms with E-state index in [4.69, 9.17) is 4.74 Å². The lowest BCUT2D eigenvalue weighted by Gasteiger charge is -2.11. The van der Waals surface area contributed by atoms with Crippen molar-refractivity contribution < 1.29 is 14.3 Å². The number of nitrogens with one attached hydrogen (secondary N) is 2. The Morgan fingerprint density at radius 1 is 1.17 bits per heavy atom. The lowest BCUT2D eigenvalue weighted by Crippen LogP contribution is -2.26. The molecule has 0 atom stereocenters. The average molecular weight is 328 g/mol. The maximum absolute atomic E-state index is 12.5. The summed E-state index contributed by atoms with van der Waals surface area (Å²) in [5.41, 5.74) is 2.44. The third kappa shape index (κ3) is 3.53. The van der Waals surface area contributed by atoms with Crippen molar-refractivity contribution in [1.29, 1.82) is 0 Å². The number of carbonyl (C=O) groups is 2. The van der Waals surface area contributed by atoms with Crippen LogP contribution < -0.4 is 10.9 Å². The molecule has 1 heterocycles. The van der Waals surface area contributed by atoms with Gasteiger partial charge in [0.25, 0.3) is 11.5 Å². The van der Waals surface area contributed by atoms with E-state index in [1.165, 1.54) is 13.2 Å². The third-order valence-corrected chi connectivity index (χ3v) is 3.77. The molecule has 0 radical (unpaired) electrons. The molecule has 2 N–H and O–H groups in total. The van der Waals surface area contributed by atoms with Crippen LogP contribution in [-0.4, -0.2) is 24.0 Å². The van der Waals surface area contributed by atoms with Gasteiger partial charge in [0.15, 0.2) is 0 Å². The van der Waals surface area contributed by atoms with E-state index in [1.54, 1.807) is 6.92 Å². The minimum absolute atomic E-state index is 0.131. The van der Waals surface area contributed by atoms with Gasteiger partial charge in [-0.15, -0.1) is 0 Å². The van der Waals surface area contributed by atoms with Gasteiger partial charge in [-0.2, -0.15) is 0 Å². The van der Waals surface area contributed by atoms with Gasteiger partial charge in [-0.25, -0.2) is 4.79 Å². The summed E-state index contributed by atoms with van der Waals surface area (Å²) in [6.07, 6.45) is 0.443. The molecule has 6 heteroatoms. The Bertz CT molecular complexity index is 853. The Morgan fingerprint density at radius 3 is 2.50 bits per heavy atom. The van der Waals surface area contributed by atoms with Crippen LogP contribution >= 0.6 is 0 Å². The van der Waals surface area contributed by atoms with Crippen molar-refractivity contribution >= 4 is 17.6 Å². The highest BCUT2D eigenvalue weighted by Gasteiger charge is 2.19. The number of H-pyrrole nitrogens is 1. The molecule has 0 fully saturated rings. The molecule has 2 aromatic rings. The summed E-state index contributed by atoms with van der Waals surface area (Å²) in [6, 6.07) is 6.92. The lowest BCUT2D eigenvalue weighted by molar-refractivity contribution is 0.0599. The zero-order chi connectivity index (χ0) is 17.9. The summed E-state index contributed by atoms with van der Waals surface area (Å²) in [4.78, 5) is 39.1. The van der Waals surface area contributed by atoms with Gasteiger partial charge in [0.2, 0.25) is 0 Å². The highest BCUT2D eigenvalue weighted by atomic mass is 16.5. The number of aryl methyl sites for hydroxylation is 3. The van der Waals surface area contributed by atoms with Crippen molar-refractivity contribution in [2.45, 2.75) is 27.2 Å². The van der Waals surface area contributed by atoms with E-state index >= 15 is 0 Å². The molecule has 0 unspecified atom stereocenters. The van der Waals surface area contributed by atoms with Gasteiger partial charge < -0.3 is 15.0 Å². The van der Waals surface area contributed by atoms with Gasteiger partial charge >= 0.3 is 5.97 Å². The van der Waals surface area contributed by atoms with Crippen molar-refractivity contribution in [1.82, 2.24) is 4.98 Å². The number of hydrogen-bond donors (Lipinski definition) is 2. The number of aromatic nitrogens is 1. The highest BCUT2D eigenvalue weighted by Crippen LogP contribution is 2.17. The summed E-state index contributed by atoms with van der Waals surface area (Å²) in [5, 5.41) is 2.72. The minimum Gasteiger partial charge on any atom is -0.465 e. The molecule has 1 amide bonds. The number of esters is 1. The van der Waals surface area contributed by atoms with Crippen molar-refractivity contribution in [3.05, 3.63) is 62.6 Å². The first-order chi connectivity index (χ1) is 11.4. The fraction of sp³-hybridized carbons (Fsp3) is 0.278. The molecule has 0 saturated carbocycles. The number of pyridine rings is 1. The highest BCUT2D eigenvalue weighted by molar-refractivity contribution is 6.05. The molecule has 126 valence electrons. The fourth-order valence-corrected chi connectivity index (χ4v) is 2.37. The van der Waals surface area contributed by atoms with Gasteiger partial charge in [-0.3, -0.25) is 9.59 Å². The first-order valence-electron chi connectivity index (χ1n) is 7.60. The largest absolute Gasteiger partial charge is 0.465 e. The average Bonchev–Trinajstić information content (AvgIpc) is 2.56. The molecule has 0 spiro atoms. The number of methoxy groups -OCH3 is 1. The van der Waals surface area contributed by atoms with Gasteiger partial charge in [0.05, 0.1) is 12.7 Å². The zero-order valence-corrected chi connectivity index (χ0v) is 14.1.